The molecule has 0 spiro atoms. The number of hydrogen-bond acceptors (Lipinski definition) is 3. The van der Waals surface area contributed by atoms with Crippen molar-refractivity contribution in [1.29, 1.82) is 0 Å². The van der Waals surface area contributed by atoms with Gasteiger partial charge in [-0.05, 0) is 25.7 Å². The first-order valence-electron chi connectivity index (χ1n) is 5.69. The molecule has 1 saturated carbocycles. The van der Waals surface area contributed by atoms with E-state index in [0.717, 1.165) is 25.7 Å². The van der Waals surface area contributed by atoms with Crippen molar-refractivity contribution in [2.75, 3.05) is 0 Å². The van der Waals surface area contributed by atoms with Gasteiger partial charge in [-0.15, -0.1) is 12.4 Å². The second-order valence-corrected chi connectivity index (χ2v) is 4.51. The summed E-state index contributed by atoms with van der Waals surface area (Å²) in [4.78, 5) is 15.8. The Kier molecular flexibility index (Phi) is 4.96. The van der Waals surface area contributed by atoms with Crippen molar-refractivity contribution < 1.29 is 4.79 Å². The van der Waals surface area contributed by atoms with Gasteiger partial charge in [-0.1, -0.05) is 0 Å². The molecule has 1 aliphatic rings. The van der Waals surface area contributed by atoms with Gasteiger partial charge in [0, 0.05) is 25.3 Å². The van der Waals surface area contributed by atoms with Crippen molar-refractivity contribution in [3.05, 3.63) is 18.2 Å². The Morgan fingerprint density at radius 2 is 2.12 bits per heavy atom. The van der Waals surface area contributed by atoms with Crippen LogP contribution >= 0.6 is 12.4 Å². The van der Waals surface area contributed by atoms with Crippen LogP contribution in [0.2, 0.25) is 0 Å². The molecule has 0 radical (unpaired) electrons. The molecule has 1 fully saturated rings. The van der Waals surface area contributed by atoms with E-state index >= 15 is 0 Å². The van der Waals surface area contributed by atoms with Crippen LogP contribution in [-0.4, -0.2) is 27.5 Å². The van der Waals surface area contributed by atoms with Gasteiger partial charge in [-0.2, -0.15) is 0 Å². The molecular formula is C11H19ClN4O. The maximum atomic E-state index is 11.8. The van der Waals surface area contributed by atoms with Gasteiger partial charge in [-0.3, -0.25) is 4.79 Å². The van der Waals surface area contributed by atoms with Gasteiger partial charge in [0.1, 0.15) is 5.69 Å². The summed E-state index contributed by atoms with van der Waals surface area (Å²) >= 11 is 0. The topological polar surface area (TPSA) is 72.9 Å². The number of nitrogens with one attached hydrogen (secondary N) is 1. The second kappa shape index (κ2) is 6.02. The monoisotopic (exact) mass is 258 g/mol. The van der Waals surface area contributed by atoms with Gasteiger partial charge in [-0.25, -0.2) is 4.98 Å². The minimum atomic E-state index is -0.0823. The highest BCUT2D eigenvalue weighted by Gasteiger charge is 2.21. The Hall–Kier alpha value is -1.07. The zero-order chi connectivity index (χ0) is 11.5. The lowest BCUT2D eigenvalue weighted by Gasteiger charge is -2.26. The fraction of sp³-hybridized carbons (Fsp3) is 0.636. The molecule has 6 heteroatoms. The average Bonchev–Trinajstić information content (AvgIpc) is 2.68. The molecule has 1 heterocycles. The Balaban J connectivity index is 0.00000144. The first-order valence-corrected chi connectivity index (χ1v) is 5.69. The van der Waals surface area contributed by atoms with Crippen molar-refractivity contribution in [1.82, 2.24) is 14.9 Å². The second-order valence-electron chi connectivity index (χ2n) is 4.51. The lowest BCUT2D eigenvalue weighted by atomic mass is 9.92. The van der Waals surface area contributed by atoms with E-state index in [0.29, 0.717) is 11.7 Å². The molecule has 1 aliphatic carbocycles. The molecule has 0 aromatic carbocycles. The number of aromatic nitrogens is 2. The fourth-order valence-corrected chi connectivity index (χ4v) is 2.05. The maximum absolute atomic E-state index is 11.8. The molecule has 2 rings (SSSR count). The zero-order valence-electron chi connectivity index (χ0n) is 9.93. The standard InChI is InChI=1S/C11H18N4O.ClH/c1-15-6-10(13-7-15)11(16)14-9-4-2-8(12)3-5-9;/h6-9H,2-5,12H2,1H3,(H,14,16);1H. The number of rotatable bonds is 2. The first kappa shape index (κ1) is 14.0. The van der Waals surface area contributed by atoms with E-state index in [4.69, 9.17) is 5.73 Å². The zero-order valence-corrected chi connectivity index (χ0v) is 10.7. The molecule has 5 nitrogen and oxygen atoms in total. The highest BCUT2D eigenvalue weighted by molar-refractivity contribution is 5.92. The number of nitrogens with zero attached hydrogens (tertiary/aromatic N) is 2. The largest absolute Gasteiger partial charge is 0.348 e. The molecule has 96 valence electrons. The van der Waals surface area contributed by atoms with Crippen molar-refractivity contribution >= 4 is 18.3 Å². The summed E-state index contributed by atoms with van der Waals surface area (Å²) in [6.45, 7) is 0. The van der Waals surface area contributed by atoms with Crippen molar-refractivity contribution in [2.24, 2.45) is 12.8 Å². The van der Waals surface area contributed by atoms with Gasteiger partial charge in [0.15, 0.2) is 0 Å². The molecule has 17 heavy (non-hydrogen) atoms. The summed E-state index contributed by atoms with van der Waals surface area (Å²) in [7, 11) is 1.85. The molecule has 0 aliphatic heterocycles. The summed E-state index contributed by atoms with van der Waals surface area (Å²) in [5.41, 5.74) is 6.30. The molecule has 0 atom stereocenters. The van der Waals surface area contributed by atoms with Crippen LogP contribution in [-0.2, 0) is 7.05 Å². The molecule has 1 amide bonds. The lowest BCUT2D eigenvalue weighted by molar-refractivity contribution is 0.0921. The van der Waals surface area contributed by atoms with Gasteiger partial charge in [0.05, 0.1) is 6.33 Å². The number of carbonyl (C=O) groups excluding carboxylic acids is 1. The van der Waals surface area contributed by atoms with Crippen molar-refractivity contribution in [2.45, 2.75) is 37.8 Å². The molecule has 0 bridgehead atoms. The smallest absolute Gasteiger partial charge is 0.271 e. The van der Waals surface area contributed by atoms with E-state index in [2.05, 4.69) is 10.3 Å². The summed E-state index contributed by atoms with van der Waals surface area (Å²) in [6, 6.07) is 0.567. The molecular weight excluding hydrogens is 240 g/mol. The fourth-order valence-electron chi connectivity index (χ4n) is 2.05. The van der Waals surface area contributed by atoms with E-state index in [1.54, 1.807) is 17.1 Å². The predicted molar refractivity (Wildman–Crippen MR) is 68.2 cm³/mol. The number of hydrogen-bond donors (Lipinski definition) is 2. The van der Waals surface area contributed by atoms with Crippen LogP contribution in [0, 0.1) is 0 Å². The third kappa shape index (κ3) is 3.71. The maximum Gasteiger partial charge on any atom is 0.271 e. The number of amides is 1. The Labute approximate surface area is 107 Å². The van der Waals surface area contributed by atoms with E-state index in [-0.39, 0.29) is 24.4 Å². The summed E-state index contributed by atoms with van der Waals surface area (Å²) < 4.78 is 1.77. The Bertz CT molecular complexity index is 371. The number of halogens is 1. The van der Waals surface area contributed by atoms with Gasteiger partial charge < -0.3 is 15.6 Å². The number of nitrogens with two attached hydrogens (primary N) is 1. The SMILES string of the molecule is Cl.Cn1cnc(C(=O)NC2CCC(N)CC2)c1. The minimum Gasteiger partial charge on any atom is -0.348 e. The molecule has 3 N–H and O–H groups in total. The average molecular weight is 259 g/mol. The van der Waals surface area contributed by atoms with Crippen LogP contribution < -0.4 is 11.1 Å². The highest BCUT2D eigenvalue weighted by Crippen LogP contribution is 2.17. The first-order chi connectivity index (χ1) is 7.65. The van der Waals surface area contributed by atoms with Gasteiger partial charge >= 0.3 is 0 Å². The van der Waals surface area contributed by atoms with Crippen LogP contribution in [0.1, 0.15) is 36.2 Å². The van der Waals surface area contributed by atoms with Gasteiger partial charge in [0.25, 0.3) is 5.91 Å². The third-order valence-electron chi connectivity index (χ3n) is 3.04. The summed E-state index contributed by atoms with van der Waals surface area (Å²) in [6.07, 6.45) is 7.29. The van der Waals surface area contributed by atoms with E-state index in [1.165, 1.54) is 0 Å². The van der Waals surface area contributed by atoms with E-state index in [9.17, 15) is 4.79 Å². The molecule has 1 aromatic rings. The van der Waals surface area contributed by atoms with Gasteiger partial charge in [0.2, 0.25) is 0 Å². The van der Waals surface area contributed by atoms with E-state index in [1.807, 2.05) is 7.05 Å². The molecule has 0 saturated heterocycles. The quantitative estimate of drug-likeness (QED) is 0.826. The number of aryl methyl sites for hydroxylation is 1. The number of imidazole rings is 1. The lowest BCUT2D eigenvalue weighted by Crippen LogP contribution is -2.40. The van der Waals surface area contributed by atoms with Crippen molar-refractivity contribution in [3.8, 4) is 0 Å². The van der Waals surface area contributed by atoms with Crippen LogP contribution in [0.3, 0.4) is 0 Å². The number of carbonyl (C=O) groups is 1. The predicted octanol–water partition coefficient (Wildman–Crippen LogP) is 0.842. The van der Waals surface area contributed by atoms with Crippen LogP contribution in [0.4, 0.5) is 0 Å². The van der Waals surface area contributed by atoms with Crippen LogP contribution in [0.25, 0.3) is 0 Å². The molecule has 1 aromatic heterocycles. The Morgan fingerprint density at radius 3 is 2.65 bits per heavy atom. The summed E-state index contributed by atoms with van der Waals surface area (Å²) in [5, 5.41) is 3.00. The minimum absolute atomic E-state index is 0. The highest BCUT2D eigenvalue weighted by atomic mass is 35.5. The van der Waals surface area contributed by atoms with Crippen molar-refractivity contribution in [3.63, 3.8) is 0 Å². The Morgan fingerprint density at radius 1 is 1.47 bits per heavy atom. The normalized spacial score (nSPS) is 23.9. The van der Waals surface area contributed by atoms with Crippen LogP contribution in [0.5, 0.6) is 0 Å². The molecule has 0 unspecified atom stereocenters. The van der Waals surface area contributed by atoms with E-state index < -0.39 is 0 Å². The summed E-state index contributed by atoms with van der Waals surface area (Å²) in [5.74, 6) is -0.0823. The van der Waals surface area contributed by atoms with Crippen LogP contribution in [0.15, 0.2) is 12.5 Å². The third-order valence-corrected chi connectivity index (χ3v) is 3.04.